The molecule has 0 amide bonds. The van der Waals surface area contributed by atoms with Crippen LogP contribution in [-0.2, 0) is 14.9 Å². The van der Waals surface area contributed by atoms with Crippen LogP contribution in [-0.4, -0.2) is 12.9 Å². The zero-order valence-corrected chi connectivity index (χ0v) is 15.1. The van der Waals surface area contributed by atoms with Gasteiger partial charge in [-0.1, -0.05) is 76.6 Å². The molecule has 0 saturated heterocycles. The van der Waals surface area contributed by atoms with E-state index >= 15 is 0 Å². The molecule has 0 saturated carbocycles. The first-order valence-corrected chi connectivity index (χ1v) is 8.37. The van der Waals surface area contributed by atoms with Gasteiger partial charge in [-0.3, -0.25) is 4.79 Å². The van der Waals surface area contributed by atoms with E-state index in [4.69, 9.17) is 4.74 Å². The van der Waals surface area contributed by atoms with Crippen molar-refractivity contribution in [3.63, 3.8) is 0 Å². The molecule has 2 aromatic carbocycles. The second kappa shape index (κ2) is 5.64. The fraction of sp³-hybridized carbons (Fsp3) is 0.250. The summed E-state index contributed by atoms with van der Waals surface area (Å²) in [5, 5.41) is 0. The minimum Gasteiger partial charge on any atom is -0.499 e. The molecule has 0 bridgehead atoms. The molecule has 0 spiro atoms. The fourth-order valence-electron chi connectivity index (χ4n) is 3.52. The highest BCUT2D eigenvalue weighted by Crippen LogP contribution is 2.56. The summed E-state index contributed by atoms with van der Waals surface area (Å²) in [6.07, 6.45) is 0. The van der Waals surface area contributed by atoms with E-state index in [1.54, 1.807) is 7.11 Å². The van der Waals surface area contributed by atoms with Crippen LogP contribution in [0.5, 0.6) is 0 Å². The molecule has 0 radical (unpaired) electrons. The van der Waals surface area contributed by atoms with Gasteiger partial charge in [-0.15, -0.1) is 0 Å². The van der Waals surface area contributed by atoms with Crippen LogP contribution in [0.4, 0.5) is 0 Å². The van der Waals surface area contributed by atoms with Gasteiger partial charge in [0.05, 0.1) is 17.0 Å². The van der Waals surface area contributed by atoms with Crippen molar-refractivity contribution in [2.75, 3.05) is 7.11 Å². The third-order valence-corrected chi connectivity index (χ3v) is 5.58. The van der Waals surface area contributed by atoms with Crippen LogP contribution >= 0.6 is 15.9 Å². The van der Waals surface area contributed by atoms with Gasteiger partial charge < -0.3 is 4.74 Å². The standard InChI is InChI=1S/C20H19BrO2/c1-19(2)17(23-3)16(21)20(18(19)22,14-10-6-4-7-11-14)15-12-8-5-9-13-15/h4-13H,1-3H3. The minimum absolute atomic E-state index is 0.117. The molecule has 0 aromatic heterocycles. The molecule has 2 aromatic rings. The molecule has 0 N–H and O–H groups in total. The molecule has 0 aliphatic heterocycles. The van der Waals surface area contributed by atoms with Gasteiger partial charge in [0.15, 0.2) is 5.78 Å². The first-order chi connectivity index (χ1) is 11.0. The van der Waals surface area contributed by atoms with Gasteiger partial charge in [-0.05, 0) is 25.0 Å². The van der Waals surface area contributed by atoms with Gasteiger partial charge in [0, 0.05) is 0 Å². The Morgan fingerprint density at radius 1 is 0.870 bits per heavy atom. The van der Waals surface area contributed by atoms with Gasteiger partial charge in [0.25, 0.3) is 0 Å². The highest BCUT2D eigenvalue weighted by molar-refractivity contribution is 9.11. The summed E-state index contributed by atoms with van der Waals surface area (Å²) in [4.78, 5) is 13.6. The Morgan fingerprint density at radius 2 is 1.30 bits per heavy atom. The summed E-state index contributed by atoms with van der Waals surface area (Å²) in [6.45, 7) is 3.84. The van der Waals surface area contributed by atoms with Crippen LogP contribution in [0.25, 0.3) is 0 Å². The Kier molecular flexibility index (Phi) is 3.93. The van der Waals surface area contributed by atoms with Crippen LogP contribution in [0.2, 0.25) is 0 Å². The molecule has 0 atom stereocenters. The molecule has 23 heavy (non-hydrogen) atoms. The second-order valence-corrected chi connectivity index (χ2v) is 7.08. The number of rotatable bonds is 3. The van der Waals surface area contributed by atoms with Crippen molar-refractivity contribution >= 4 is 21.7 Å². The molecule has 1 aliphatic carbocycles. The number of carbonyl (C=O) groups excluding carboxylic acids is 1. The van der Waals surface area contributed by atoms with Gasteiger partial charge in [-0.25, -0.2) is 0 Å². The summed E-state index contributed by atoms with van der Waals surface area (Å²) < 4.78 is 6.41. The predicted molar refractivity (Wildman–Crippen MR) is 95.4 cm³/mol. The van der Waals surface area contributed by atoms with Crippen molar-refractivity contribution in [3.8, 4) is 0 Å². The number of hydrogen-bond donors (Lipinski definition) is 0. The van der Waals surface area contributed by atoms with Gasteiger partial charge >= 0.3 is 0 Å². The van der Waals surface area contributed by atoms with E-state index in [-0.39, 0.29) is 5.78 Å². The molecule has 118 valence electrons. The van der Waals surface area contributed by atoms with Gasteiger partial charge in [0.2, 0.25) is 0 Å². The molecule has 0 heterocycles. The van der Waals surface area contributed by atoms with Crippen LogP contribution in [0.1, 0.15) is 25.0 Å². The maximum absolute atomic E-state index is 13.6. The third-order valence-electron chi connectivity index (χ3n) is 4.62. The fourth-order valence-corrected chi connectivity index (χ4v) is 4.81. The van der Waals surface area contributed by atoms with Crippen molar-refractivity contribution in [1.29, 1.82) is 0 Å². The average molecular weight is 371 g/mol. The summed E-state index contributed by atoms with van der Waals surface area (Å²) in [5.41, 5.74) is 0.336. The van der Waals surface area contributed by atoms with E-state index in [0.717, 1.165) is 15.6 Å². The van der Waals surface area contributed by atoms with E-state index in [0.29, 0.717) is 5.76 Å². The Bertz CT molecular complexity index is 721. The lowest BCUT2D eigenvalue weighted by Gasteiger charge is -2.31. The van der Waals surface area contributed by atoms with E-state index in [9.17, 15) is 4.79 Å². The maximum atomic E-state index is 13.6. The predicted octanol–water partition coefficient (Wildman–Crippen LogP) is 4.83. The SMILES string of the molecule is COC1=C(Br)C(c2ccccc2)(c2ccccc2)C(=O)C1(C)C. The van der Waals surface area contributed by atoms with Gasteiger partial charge in [-0.2, -0.15) is 0 Å². The summed E-state index contributed by atoms with van der Waals surface area (Å²) >= 11 is 3.71. The minimum atomic E-state index is -0.864. The van der Waals surface area contributed by atoms with Crippen LogP contribution in [0, 0.1) is 5.41 Å². The lowest BCUT2D eigenvalue weighted by Crippen LogP contribution is -2.39. The van der Waals surface area contributed by atoms with Crippen molar-refractivity contribution in [2.45, 2.75) is 19.3 Å². The maximum Gasteiger partial charge on any atom is 0.166 e. The Balaban J connectivity index is 2.40. The molecular weight excluding hydrogens is 352 g/mol. The normalized spacial score (nSPS) is 19.0. The monoisotopic (exact) mass is 370 g/mol. The zero-order chi connectivity index (χ0) is 16.7. The number of allylic oxidation sites excluding steroid dienone is 2. The Morgan fingerprint density at radius 3 is 1.65 bits per heavy atom. The molecule has 2 nitrogen and oxygen atoms in total. The van der Waals surface area contributed by atoms with E-state index in [1.165, 1.54) is 0 Å². The Labute approximate surface area is 145 Å². The lowest BCUT2D eigenvalue weighted by atomic mass is 9.69. The van der Waals surface area contributed by atoms with Crippen LogP contribution < -0.4 is 0 Å². The first kappa shape index (κ1) is 16.0. The highest BCUT2D eigenvalue weighted by atomic mass is 79.9. The third kappa shape index (κ3) is 2.10. The largest absolute Gasteiger partial charge is 0.499 e. The summed E-state index contributed by atoms with van der Waals surface area (Å²) in [7, 11) is 1.62. The van der Waals surface area contributed by atoms with Crippen LogP contribution in [0.3, 0.4) is 0 Å². The van der Waals surface area contributed by atoms with E-state index in [1.807, 2.05) is 74.5 Å². The lowest BCUT2D eigenvalue weighted by molar-refractivity contribution is -0.128. The van der Waals surface area contributed by atoms with Crippen LogP contribution in [0.15, 0.2) is 70.9 Å². The number of Topliss-reactive ketones (excluding diaryl/α,β-unsaturated/α-hetero) is 1. The van der Waals surface area contributed by atoms with E-state index in [2.05, 4.69) is 15.9 Å². The number of benzene rings is 2. The van der Waals surface area contributed by atoms with Crippen molar-refractivity contribution in [1.82, 2.24) is 0 Å². The molecular formula is C20H19BrO2. The number of carbonyl (C=O) groups is 1. The molecule has 1 aliphatic rings. The second-order valence-electron chi connectivity index (χ2n) is 6.28. The van der Waals surface area contributed by atoms with Crippen molar-refractivity contribution < 1.29 is 9.53 Å². The number of ketones is 1. The quantitative estimate of drug-likeness (QED) is 0.772. The molecule has 3 rings (SSSR count). The van der Waals surface area contributed by atoms with E-state index < -0.39 is 10.8 Å². The number of methoxy groups -OCH3 is 1. The molecule has 0 fully saturated rings. The first-order valence-electron chi connectivity index (χ1n) is 7.58. The topological polar surface area (TPSA) is 26.3 Å². The number of ether oxygens (including phenoxy) is 1. The number of halogens is 1. The molecule has 0 unspecified atom stereocenters. The molecule has 3 heteroatoms. The van der Waals surface area contributed by atoms with Crippen molar-refractivity contribution in [2.24, 2.45) is 5.41 Å². The smallest absolute Gasteiger partial charge is 0.166 e. The zero-order valence-electron chi connectivity index (χ0n) is 13.5. The van der Waals surface area contributed by atoms with Crippen molar-refractivity contribution in [3.05, 3.63) is 82.0 Å². The Hall–Kier alpha value is -1.87. The average Bonchev–Trinajstić information content (AvgIpc) is 2.72. The summed E-state index contributed by atoms with van der Waals surface area (Å²) in [6, 6.07) is 19.8. The summed E-state index contributed by atoms with van der Waals surface area (Å²) in [5.74, 6) is 0.807. The highest BCUT2D eigenvalue weighted by Gasteiger charge is 2.59. The number of hydrogen-bond acceptors (Lipinski definition) is 2. The van der Waals surface area contributed by atoms with Gasteiger partial charge in [0.1, 0.15) is 11.2 Å².